The maximum Gasteiger partial charge on any atom is 0.0438 e. The zero-order valence-corrected chi connectivity index (χ0v) is 14.5. The molecule has 0 aliphatic heterocycles. The third kappa shape index (κ3) is 5.42. The van der Waals surface area contributed by atoms with Crippen LogP contribution in [0.4, 0.5) is 0 Å². The SMILES string of the molecule is CCNCC(Cc1ccc(Br)cn1)Cc1ccccc1Cl. The van der Waals surface area contributed by atoms with Crippen LogP contribution in [0.5, 0.6) is 0 Å². The molecule has 1 aromatic heterocycles. The van der Waals surface area contributed by atoms with Gasteiger partial charge in [-0.3, -0.25) is 4.98 Å². The minimum atomic E-state index is 0.485. The Morgan fingerprint density at radius 1 is 1.19 bits per heavy atom. The van der Waals surface area contributed by atoms with Gasteiger partial charge in [0.25, 0.3) is 0 Å². The van der Waals surface area contributed by atoms with Crippen molar-refractivity contribution < 1.29 is 0 Å². The van der Waals surface area contributed by atoms with Gasteiger partial charge in [0.15, 0.2) is 0 Å². The fourth-order valence-corrected chi connectivity index (χ4v) is 2.81. The van der Waals surface area contributed by atoms with Crippen LogP contribution in [0.3, 0.4) is 0 Å². The summed E-state index contributed by atoms with van der Waals surface area (Å²) in [7, 11) is 0. The molecule has 1 aromatic carbocycles. The van der Waals surface area contributed by atoms with E-state index in [1.807, 2.05) is 30.5 Å². The number of nitrogens with one attached hydrogen (secondary N) is 1. The van der Waals surface area contributed by atoms with Gasteiger partial charge < -0.3 is 5.32 Å². The fraction of sp³-hybridized carbons (Fsp3) is 0.353. The van der Waals surface area contributed by atoms with Gasteiger partial charge in [0, 0.05) is 21.4 Å². The molecule has 1 heterocycles. The number of rotatable bonds is 7. The molecule has 0 aliphatic carbocycles. The largest absolute Gasteiger partial charge is 0.317 e. The summed E-state index contributed by atoms with van der Waals surface area (Å²) in [5.74, 6) is 0.485. The molecule has 0 spiro atoms. The van der Waals surface area contributed by atoms with Gasteiger partial charge in [-0.2, -0.15) is 0 Å². The first-order valence-corrected chi connectivity index (χ1v) is 8.40. The maximum absolute atomic E-state index is 6.28. The summed E-state index contributed by atoms with van der Waals surface area (Å²) in [5, 5.41) is 4.29. The van der Waals surface area contributed by atoms with E-state index < -0.39 is 0 Å². The highest BCUT2D eigenvalue weighted by Gasteiger charge is 2.13. The molecule has 2 nitrogen and oxygen atoms in total. The zero-order chi connectivity index (χ0) is 15.1. The second-order valence-electron chi connectivity index (χ2n) is 5.14. The summed E-state index contributed by atoms with van der Waals surface area (Å²) in [6.07, 6.45) is 3.77. The topological polar surface area (TPSA) is 24.9 Å². The van der Waals surface area contributed by atoms with Gasteiger partial charge in [0.2, 0.25) is 0 Å². The second-order valence-corrected chi connectivity index (χ2v) is 6.46. The lowest BCUT2D eigenvalue weighted by atomic mass is 9.94. The molecule has 0 saturated carbocycles. The van der Waals surface area contributed by atoms with Crippen molar-refractivity contribution in [3.63, 3.8) is 0 Å². The van der Waals surface area contributed by atoms with Crippen LogP contribution in [0.25, 0.3) is 0 Å². The number of aromatic nitrogens is 1. The standard InChI is InChI=1S/C17H20BrClN2/c1-2-20-11-13(9-14-5-3-4-6-17(14)19)10-16-8-7-15(18)12-21-16/h3-8,12-13,20H,2,9-11H2,1H3. The van der Waals surface area contributed by atoms with Crippen molar-refractivity contribution in [2.45, 2.75) is 19.8 Å². The molecule has 21 heavy (non-hydrogen) atoms. The van der Waals surface area contributed by atoms with Crippen molar-refractivity contribution in [1.29, 1.82) is 0 Å². The lowest BCUT2D eigenvalue weighted by Gasteiger charge is -2.18. The molecule has 0 bridgehead atoms. The van der Waals surface area contributed by atoms with E-state index in [2.05, 4.69) is 45.3 Å². The Kier molecular flexibility index (Phi) is 6.68. The van der Waals surface area contributed by atoms with Crippen LogP contribution in [0.1, 0.15) is 18.2 Å². The first-order chi connectivity index (χ1) is 10.2. The summed E-state index contributed by atoms with van der Waals surface area (Å²) in [6.45, 7) is 4.08. The van der Waals surface area contributed by atoms with Crippen LogP contribution in [0.15, 0.2) is 47.1 Å². The molecule has 4 heteroatoms. The van der Waals surface area contributed by atoms with Crippen molar-refractivity contribution in [2.24, 2.45) is 5.92 Å². The second kappa shape index (κ2) is 8.52. The summed E-state index contributed by atoms with van der Waals surface area (Å²) in [5.41, 5.74) is 2.33. The highest BCUT2D eigenvalue weighted by Crippen LogP contribution is 2.21. The number of pyridine rings is 1. The summed E-state index contributed by atoms with van der Waals surface area (Å²) < 4.78 is 1.01. The Labute approximate surface area is 140 Å². The molecular weight excluding hydrogens is 348 g/mol. The zero-order valence-electron chi connectivity index (χ0n) is 12.2. The Morgan fingerprint density at radius 2 is 2.00 bits per heavy atom. The van der Waals surface area contributed by atoms with Crippen LogP contribution in [-0.2, 0) is 12.8 Å². The normalized spacial score (nSPS) is 12.3. The predicted molar refractivity (Wildman–Crippen MR) is 92.8 cm³/mol. The molecule has 0 radical (unpaired) electrons. The lowest BCUT2D eigenvalue weighted by Crippen LogP contribution is -2.26. The van der Waals surface area contributed by atoms with Crippen molar-refractivity contribution in [3.05, 3.63) is 63.3 Å². The molecule has 0 amide bonds. The van der Waals surface area contributed by atoms with Gasteiger partial charge in [-0.15, -0.1) is 0 Å². The molecule has 0 fully saturated rings. The van der Waals surface area contributed by atoms with Crippen molar-refractivity contribution in [2.75, 3.05) is 13.1 Å². The van der Waals surface area contributed by atoms with Gasteiger partial charge >= 0.3 is 0 Å². The highest BCUT2D eigenvalue weighted by molar-refractivity contribution is 9.10. The predicted octanol–water partition coefficient (Wildman–Crippen LogP) is 4.51. The van der Waals surface area contributed by atoms with Gasteiger partial charge in [-0.05, 0) is 71.5 Å². The number of halogens is 2. The van der Waals surface area contributed by atoms with Gasteiger partial charge in [-0.1, -0.05) is 36.7 Å². The van der Waals surface area contributed by atoms with Crippen LogP contribution < -0.4 is 5.32 Å². The molecule has 1 atom stereocenters. The van der Waals surface area contributed by atoms with E-state index in [4.69, 9.17) is 11.6 Å². The van der Waals surface area contributed by atoms with Gasteiger partial charge in [0.1, 0.15) is 0 Å². The maximum atomic E-state index is 6.28. The number of hydrogen-bond acceptors (Lipinski definition) is 2. The molecule has 112 valence electrons. The van der Waals surface area contributed by atoms with Gasteiger partial charge in [0.05, 0.1) is 0 Å². The molecular formula is C17H20BrClN2. The summed E-state index contributed by atoms with van der Waals surface area (Å²) in [6, 6.07) is 12.2. The number of hydrogen-bond donors (Lipinski definition) is 1. The Morgan fingerprint density at radius 3 is 2.67 bits per heavy atom. The van der Waals surface area contributed by atoms with Crippen LogP contribution >= 0.6 is 27.5 Å². The van der Waals surface area contributed by atoms with E-state index in [0.29, 0.717) is 5.92 Å². The minimum absolute atomic E-state index is 0.485. The van der Waals surface area contributed by atoms with Crippen LogP contribution in [0, 0.1) is 5.92 Å². The first kappa shape index (κ1) is 16.5. The fourth-order valence-electron chi connectivity index (χ4n) is 2.36. The van der Waals surface area contributed by atoms with E-state index >= 15 is 0 Å². The summed E-state index contributed by atoms with van der Waals surface area (Å²) >= 11 is 9.71. The third-order valence-corrected chi connectivity index (χ3v) is 4.27. The monoisotopic (exact) mass is 366 g/mol. The van der Waals surface area contributed by atoms with E-state index in [9.17, 15) is 0 Å². The average molecular weight is 368 g/mol. The first-order valence-electron chi connectivity index (χ1n) is 7.23. The molecule has 0 aliphatic rings. The quantitative estimate of drug-likeness (QED) is 0.779. The smallest absolute Gasteiger partial charge is 0.0438 e. The van der Waals surface area contributed by atoms with Crippen molar-refractivity contribution in [1.82, 2.24) is 10.3 Å². The van der Waals surface area contributed by atoms with E-state index in [1.54, 1.807) is 0 Å². The number of nitrogens with zero attached hydrogens (tertiary/aromatic N) is 1. The van der Waals surface area contributed by atoms with Gasteiger partial charge in [-0.25, -0.2) is 0 Å². The summed E-state index contributed by atoms with van der Waals surface area (Å²) in [4.78, 5) is 4.48. The van der Waals surface area contributed by atoms with Crippen molar-refractivity contribution in [3.8, 4) is 0 Å². The van der Waals surface area contributed by atoms with E-state index in [-0.39, 0.29) is 0 Å². The lowest BCUT2D eigenvalue weighted by molar-refractivity contribution is 0.474. The molecule has 2 rings (SSSR count). The minimum Gasteiger partial charge on any atom is -0.317 e. The molecule has 0 saturated heterocycles. The molecule has 1 unspecified atom stereocenters. The van der Waals surface area contributed by atoms with Crippen molar-refractivity contribution >= 4 is 27.5 Å². The Balaban J connectivity index is 2.07. The van der Waals surface area contributed by atoms with E-state index in [0.717, 1.165) is 41.1 Å². The molecule has 2 aromatic rings. The van der Waals surface area contributed by atoms with Crippen LogP contribution in [-0.4, -0.2) is 18.1 Å². The van der Waals surface area contributed by atoms with E-state index in [1.165, 1.54) is 5.56 Å². The highest BCUT2D eigenvalue weighted by atomic mass is 79.9. The third-order valence-electron chi connectivity index (χ3n) is 3.44. The van der Waals surface area contributed by atoms with Crippen LogP contribution in [0.2, 0.25) is 5.02 Å². The number of benzene rings is 1. The molecule has 1 N–H and O–H groups in total. The Bertz CT molecular complexity index is 557. The average Bonchev–Trinajstić information content (AvgIpc) is 2.49. The Hall–Kier alpha value is -0.900.